The highest BCUT2D eigenvalue weighted by Crippen LogP contribution is 2.30. The molecule has 0 radical (unpaired) electrons. The van der Waals surface area contributed by atoms with E-state index >= 15 is 0 Å². The van der Waals surface area contributed by atoms with Crippen molar-refractivity contribution >= 4 is 5.91 Å². The van der Waals surface area contributed by atoms with Crippen LogP contribution in [0.1, 0.15) is 24.8 Å². The Bertz CT molecular complexity index is 613. The molecule has 0 aliphatic carbocycles. The summed E-state index contributed by atoms with van der Waals surface area (Å²) in [6.45, 7) is 1.49. The highest BCUT2D eigenvalue weighted by Gasteiger charge is 2.41. The number of piperidine rings is 1. The van der Waals surface area contributed by atoms with Crippen molar-refractivity contribution in [2.45, 2.75) is 37.2 Å². The van der Waals surface area contributed by atoms with Gasteiger partial charge < -0.3 is 10.0 Å². The van der Waals surface area contributed by atoms with Crippen molar-refractivity contribution in [1.29, 1.82) is 0 Å². The lowest BCUT2D eigenvalue weighted by atomic mass is 10.00. The minimum absolute atomic E-state index is 0.118. The maximum atomic E-state index is 13.2. The number of rotatable bonds is 4. The van der Waals surface area contributed by atoms with Gasteiger partial charge in [-0.3, -0.25) is 9.69 Å². The molecule has 0 saturated carbocycles. The zero-order valence-corrected chi connectivity index (χ0v) is 14.1. The standard InChI is InChI=1S/C18H23F3N2O2/c19-15-3-1-14(2-4-15)11-16(24)23-10-5-17(25,13-23)12-22-8-6-18(20,21)7-9-22/h1-4,25H,5-13H2. The van der Waals surface area contributed by atoms with Crippen LogP contribution in [-0.4, -0.2) is 65.1 Å². The molecule has 2 aliphatic rings. The molecule has 2 aliphatic heterocycles. The molecular formula is C18H23F3N2O2. The third-order valence-corrected chi connectivity index (χ3v) is 5.06. The minimum Gasteiger partial charge on any atom is -0.387 e. The summed E-state index contributed by atoms with van der Waals surface area (Å²) in [7, 11) is 0. The average Bonchev–Trinajstić information content (AvgIpc) is 2.94. The van der Waals surface area contributed by atoms with Crippen molar-refractivity contribution in [3.05, 3.63) is 35.6 Å². The van der Waals surface area contributed by atoms with Crippen molar-refractivity contribution in [2.24, 2.45) is 0 Å². The van der Waals surface area contributed by atoms with Crippen LogP contribution in [0.3, 0.4) is 0 Å². The number of benzene rings is 1. The second kappa shape index (κ2) is 6.96. The fourth-order valence-corrected chi connectivity index (χ4v) is 3.54. The topological polar surface area (TPSA) is 43.8 Å². The highest BCUT2D eigenvalue weighted by molar-refractivity contribution is 5.79. The van der Waals surface area contributed by atoms with Gasteiger partial charge in [0.25, 0.3) is 5.92 Å². The monoisotopic (exact) mass is 356 g/mol. The number of likely N-dealkylation sites (tertiary alicyclic amines) is 2. The number of carbonyl (C=O) groups is 1. The number of amides is 1. The Hall–Kier alpha value is -1.60. The summed E-state index contributed by atoms with van der Waals surface area (Å²) in [6, 6.07) is 5.77. The molecule has 7 heteroatoms. The van der Waals surface area contributed by atoms with Gasteiger partial charge in [-0.2, -0.15) is 0 Å². The molecule has 2 heterocycles. The average molecular weight is 356 g/mol. The summed E-state index contributed by atoms with van der Waals surface area (Å²) in [5, 5.41) is 10.7. The molecule has 25 heavy (non-hydrogen) atoms. The first-order valence-corrected chi connectivity index (χ1v) is 8.60. The fraction of sp³-hybridized carbons (Fsp3) is 0.611. The molecule has 1 unspecified atom stereocenters. The summed E-state index contributed by atoms with van der Waals surface area (Å²) >= 11 is 0. The van der Waals surface area contributed by atoms with Crippen LogP contribution in [0.2, 0.25) is 0 Å². The first kappa shape index (κ1) is 18.2. The maximum Gasteiger partial charge on any atom is 0.250 e. The quantitative estimate of drug-likeness (QED) is 0.898. The molecule has 1 amide bonds. The predicted octanol–water partition coefficient (Wildman–Crippen LogP) is 2.06. The van der Waals surface area contributed by atoms with E-state index in [1.807, 2.05) is 4.90 Å². The predicted molar refractivity (Wildman–Crippen MR) is 86.9 cm³/mol. The van der Waals surface area contributed by atoms with E-state index in [4.69, 9.17) is 0 Å². The molecule has 1 aromatic carbocycles. The van der Waals surface area contributed by atoms with Gasteiger partial charge in [0.15, 0.2) is 0 Å². The van der Waals surface area contributed by atoms with Crippen LogP contribution >= 0.6 is 0 Å². The number of β-amino-alcohol motifs (C(OH)–C–C–N with tert-alkyl or cyclic N) is 1. The Labute approximate surface area is 145 Å². The van der Waals surface area contributed by atoms with Gasteiger partial charge in [-0.05, 0) is 24.1 Å². The minimum atomic E-state index is -2.61. The number of carbonyl (C=O) groups excluding carboxylic acids is 1. The van der Waals surface area contributed by atoms with Crippen LogP contribution in [0.5, 0.6) is 0 Å². The second-order valence-electron chi connectivity index (χ2n) is 7.22. The molecule has 1 N–H and O–H groups in total. The Morgan fingerprint density at radius 1 is 1.08 bits per heavy atom. The van der Waals surface area contributed by atoms with E-state index in [-0.39, 0.29) is 50.6 Å². The normalized spacial score (nSPS) is 26.8. The van der Waals surface area contributed by atoms with Crippen molar-refractivity contribution in [3.63, 3.8) is 0 Å². The van der Waals surface area contributed by atoms with Gasteiger partial charge in [0.05, 0.1) is 18.6 Å². The van der Waals surface area contributed by atoms with Gasteiger partial charge >= 0.3 is 0 Å². The van der Waals surface area contributed by atoms with Crippen molar-refractivity contribution < 1.29 is 23.1 Å². The van der Waals surface area contributed by atoms with Crippen LogP contribution in [-0.2, 0) is 11.2 Å². The van der Waals surface area contributed by atoms with Crippen LogP contribution in [0.25, 0.3) is 0 Å². The Morgan fingerprint density at radius 2 is 1.72 bits per heavy atom. The van der Waals surface area contributed by atoms with E-state index in [9.17, 15) is 23.1 Å². The molecule has 1 atom stereocenters. The van der Waals surface area contributed by atoms with Gasteiger partial charge in [0.1, 0.15) is 5.82 Å². The number of hydrogen-bond donors (Lipinski definition) is 1. The second-order valence-corrected chi connectivity index (χ2v) is 7.22. The molecule has 138 valence electrons. The third-order valence-electron chi connectivity index (χ3n) is 5.06. The summed E-state index contributed by atoms with van der Waals surface area (Å²) in [6.07, 6.45) is 0.230. The number of alkyl halides is 2. The zero-order chi connectivity index (χ0) is 18.1. The van der Waals surface area contributed by atoms with Gasteiger partial charge in [0, 0.05) is 39.0 Å². The number of halogens is 3. The van der Waals surface area contributed by atoms with Gasteiger partial charge in [0.2, 0.25) is 5.91 Å². The smallest absolute Gasteiger partial charge is 0.250 e. The first-order chi connectivity index (χ1) is 11.7. The molecular weight excluding hydrogens is 333 g/mol. The van der Waals surface area contributed by atoms with Crippen molar-refractivity contribution in [1.82, 2.24) is 9.80 Å². The van der Waals surface area contributed by atoms with Gasteiger partial charge in [-0.25, -0.2) is 13.2 Å². The SMILES string of the molecule is O=C(Cc1ccc(F)cc1)N1CCC(O)(CN2CCC(F)(F)CC2)C1. The van der Waals surface area contributed by atoms with E-state index in [0.29, 0.717) is 19.5 Å². The molecule has 0 spiro atoms. The van der Waals surface area contributed by atoms with E-state index in [2.05, 4.69) is 0 Å². The highest BCUT2D eigenvalue weighted by atomic mass is 19.3. The van der Waals surface area contributed by atoms with E-state index in [1.165, 1.54) is 12.1 Å². The van der Waals surface area contributed by atoms with Crippen LogP contribution in [0, 0.1) is 5.82 Å². The third kappa shape index (κ3) is 4.73. The largest absolute Gasteiger partial charge is 0.387 e. The molecule has 2 saturated heterocycles. The lowest BCUT2D eigenvalue weighted by Crippen LogP contribution is -2.49. The summed E-state index contributed by atoms with van der Waals surface area (Å²) in [5.41, 5.74) is -0.328. The van der Waals surface area contributed by atoms with Crippen molar-refractivity contribution in [2.75, 3.05) is 32.7 Å². The lowest BCUT2D eigenvalue weighted by molar-refractivity contribution is -0.130. The van der Waals surface area contributed by atoms with Gasteiger partial charge in [-0.15, -0.1) is 0 Å². The molecule has 3 rings (SSSR count). The zero-order valence-electron chi connectivity index (χ0n) is 14.1. The lowest BCUT2D eigenvalue weighted by Gasteiger charge is -2.36. The van der Waals surface area contributed by atoms with Crippen LogP contribution in [0.15, 0.2) is 24.3 Å². The molecule has 0 aromatic heterocycles. The molecule has 1 aromatic rings. The molecule has 0 bridgehead atoms. The van der Waals surface area contributed by atoms with E-state index in [0.717, 1.165) is 5.56 Å². The van der Waals surface area contributed by atoms with Crippen LogP contribution in [0.4, 0.5) is 13.2 Å². The van der Waals surface area contributed by atoms with E-state index in [1.54, 1.807) is 17.0 Å². The number of hydrogen-bond acceptors (Lipinski definition) is 3. The number of nitrogens with zero attached hydrogens (tertiary/aromatic N) is 2. The van der Waals surface area contributed by atoms with Crippen LogP contribution < -0.4 is 0 Å². The Morgan fingerprint density at radius 3 is 2.36 bits per heavy atom. The van der Waals surface area contributed by atoms with Gasteiger partial charge in [-0.1, -0.05) is 12.1 Å². The number of aliphatic hydroxyl groups is 1. The first-order valence-electron chi connectivity index (χ1n) is 8.60. The Balaban J connectivity index is 1.51. The summed E-state index contributed by atoms with van der Waals surface area (Å²) in [5.74, 6) is -3.07. The summed E-state index contributed by atoms with van der Waals surface area (Å²) in [4.78, 5) is 15.8. The molecule has 4 nitrogen and oxygen atoms in total. The summed E-state index contributed by atoms with van der Waals surface area (Å²) < 4.78 is 39.4. The fourth-order valence-electron chi connectivity index (χ4n) is 3.54. The Kier molecular flexibility index (Phi) is 5.06. The molecule has 2 fully saturated rings. The van der Waals surface area contributed by atoms with E-state index < -0.39 is 11.5 Å². The maximum absolute atomic E-state index is 13.2. The van der Waals surface area contributed by atoms with Crippen molar-refractivity contribution in [3.8, 4) is 0 Å².